The molecule has 0 aromatic heterocycles. The van der Waals surface area contributed by atoms with Gasteiger partial charge < -0.3 is 5.11 Å². The van der Waals surface area contributed by atoms with Gasteiger partial charge in [0, 0.05) is 0 Å². The summed E-state index contributed by atoms with van der Waals surface area (Å²) in [6.45, 7) is 5.99. The minimum absolute atomic E-state index is 0.368. The SMILES string of the molecule is Cc1cccc(C[C@H](C(=O)O)N2CCCC2)c1C. The number of aliphatic carboxylic acids is 1. The number of hydrogen-bond donors (Lipinski definition) is 1. The molecule has 0 radical (unpaired) electrons. The zero-order valence-corrected chi connectivity index (χ0v) is 11.1. The summed E-state index contributed by atoms with van der Waals surface area (Å²) in [4.78, 5) is 13.5. The fourth-order valence-corrected chi connectivity index (χ4v) is 2.67. The van der Waals surface area contributed by atoms with E-state index in [4.69, 9.17) is 0 Å². The fourth-order valence-electron chi connectivity index (χ4n) is 2.67. The molecule has 1 heterocycles. The molecule has 0 saturated carbocycles. The highest BCUT2D eigenvalue weighted by Gasteiger charge is 2.28. The van der Waals surface area contributed by atoms with E-state index in [9.17, 15) is 9.90 Å². The lowest BCUT2D eigenvalue weighted by atomic mass is 9.97. The average molecular weight is 247 g/mol. The van der Waals surface area contributed by atoms with Gasteiger partial charge in [-0.15, -0.1) is 0 Å². The first kappa shape index (κ1) is 13.1. The molecule has 1 aliphatic heterocycles. The van der Waals surface area contributed by atoms with E-state index in [1.807, 2.05) is 12.1 Å². The fraction of sp³-hybridized carbons (Fsp3) is 0.533. The summed E-state index contributed by atoms with van der Waals surface area (Å²) >= 11 is 0. The number of benzene rings is 1. The molecule has 1 saturated heterocycles. The number of carbonyl (C=O) groups is 1. The number of likely N-dealkylation sites (tertiary alicyclic amines) is 1. The highest BCUT2D eigenvalue weighted by Crippen LogP contribution is 2.19. The number of hydrogen-bond acceptors (Lipinski definition) is 2. The first-order valence-electron chi connectivity index (χ1n) is 6.61. The Hall–Kier alpha value is -1.35. The average Bonchev–Trinajstić information content (AvgIpc) is 2.84. The van der Waals surface area contributed by atoms with Crippen LogP contribution in [0.15, 0.2) is 18.2 Å². The van der Waals surface area contributed by atoms with Gasteiger partial charge in [-0.25, -0.2) is 0 Å². The molecule has 0 spiro atoms. The molecule has 18 heavy (non-hydrogen) atoms. The highest BCUT2D eigenvalue weighted by molar-refractivity contribution is 5.74. The summed E-state index contributed by atoms with van der Waals surface area (Å²) in [6, 6.07) is 5.77. The van der Waals surface area contributed by atoms with Gasteiger partial charge in [-0.05, 0) is 62.9 Å². The van der Waals surface area contributed by atoms with Gasteiger partial charge in [0.15, 0.2) is 0 Å². The third-order valence-electron chi connectivity index (χ3n) is 4.00. The van der Waals surface area contributed by atoms with Gasteiger partial charge in [-0.1, -0.05) is 18.2 Å². The molecule has 0 bridgehead atoms. The van der Waals surface area contributed by atoms with E-state index in [1.165, 1.54) is 11.1 Å². The van der Waals surface area contributed by atoms with Gasteiger partial charge in [-0.2, -0.15) is 0 Å². The van der Waals surface area contributed by atoms with Gasteiger partial charge in [0.2, 0.25) is 0 Å². The largest absolute Gasteiger partial charge is 0.480 e. The Morgan fingerprint density at radius 2 is 2.00 bits per heavy atom. The number of aryl methyl sites for hydroxylation is 1. The van der Waals surface area contributed by atoms with Gasteiger partial charge >= 0.3 is 5.97 Å². The van der Waals surface area contributed by atoms with Crippen molar-refractivity contribution in [2.75, 3.05) is 13.1 Å². The van der Waals surface area contributed by atoms with E-state index in [2.05, 4.69) is 24.8 Å². The van der Waals surface area contributed by atoms with E-state index in [0.29, 0.717) is 6.42 Å². The lowest BCUT2D eigenvalue weighted by Gasteiger charge is -2.24. The first-order chi connectivity index (χ1) is 8.59. The molecule has 1 aromatic rings. The lowest BCUT2D eigenvalue weighted by Crippen LogP contribution is -2.41. The second kappa shape index (κ2) is 5.53. The Kier molecular flexibility index (Phi) is 4.02. The molecule has 1 atom stereocenters. The van der Waals surface area contributed by atoms with E-state index in [-0.39, 0.29) is 6.04 Å². The minimum Gasteiger partial charge on any atom is -0.480 e. The van der Waals surface area contributed by atoms with Crippen LogP contribution in [0.2, 0.25) is 0 Å². The van der Waals surface area contributed by atoms with Crippen LogP contribution in [0.1, 0.15) is 29.5 Å². The second-order valence-electron chi connectivity index (χ2n) is 5.16. The third-order valence-corrected chi connectivity index (χ3v) is 4.00. The van der Waals surface area contributed by atoms with Crippen molar-refractivity contribution in [3.8, 4) is 0 Å². The summed E-state index contributed by atoms with van der Waals surface area (Å²) in [7, 11) is 0. The van der Waals surface area contributed by atoms with Crippen molar-refractivity contribution in [2.45, 2.75) is 39.2 Å². The van der Waals surface area contributed by atoms with Crippen molar-refractivity contribution in [3.63, 3.8) is 0 Å². The maximum Gasteiger partial charge on any atom is 0.321 e. The highest BCUT2D eigenvalue weighted by atomic mass is 16.4. The molecule has 2 rings (SSSR count). The minimum atomic E-state index is -0.696. The van der Waals surface area contributed by atoms with Crippen LogP contribution in [0.4, 0.5) is 0 Å². The molecular formula is C15H21NO2. The van der Waals surface area contributed by atoms with Crippen molar-refractivity contribution >= 4 is 5.97 Å². The molecule has 0 amide bonds. The zero-order valence-electron chi connectivity index (χ0n) is 11.1. The number of carboxylic acid groups (broad SMARTS) is 1. The molecule has 0 aliphatic carbocycles. The van der Waals surface area contributed by atoms with Crippen LogP contribution in [0.25, 0.3) is 0 Å². The van der Waals surface area contributed by atoms with Gasteiger partial charge in [0.1, 0.15) is 6.04 Å². The predicted molar refractivity (Wildman–Crippen MR) is 71.9 cm³/mol. The number of carboxylic acids is 1. The molecule has 98 valence electrons. The molecule has 3 heteroatoms. The molecule has 0 unspecified atom stereocenters. The van der Waals surface area contributed by atoms with Crippen LogP contribution in [-0.2, 0) is 11.2 Å². The van der Waals surface area contributed by atoms with E-state index >= 15 is 0 Å². The molecular weight excluding hydrogens is 226 g/mol. The first-order valence-corrected chi connectivity index (χ1v) is 6.61. The van der Waals surface area contributed by atoms with Gasteiger partial charge in [0.25, 0.3) is 0 Å². The lowest BCUT2D eigenvalue weighted by molar-refractivity contribution is -0.142. The van der Waals surface area contributed by atoms with Crippen molar-refractivity contribution in [1.29, 1.82) is 0 Å². The van der Waals surface area contributed by atoms with Crippen LogP contribution in [0.5, 0.6) is 0 Å². The summed E-state index contributed by atoms with van der Waals surface area (Å²) in [5.41, 5.74) is 3.62. The van der Waals surface area contributed by atoms with Crippen LogP contribution < -0.4 is 0 Å². The Morgan fingerprint density at radius 3 is 2.61 bits per heavy atom. The zero-order chi connectivity index (χ0) is 13.1. The Bertz CT molecular complexity index is 436. The summed E-state index contributed by atoms with van der Waals surface area (Å²) in [5.74, 6) is -0.696. The summed E-state index contributed by atoms with van der Waals surface area (Å²) in [5, 5.41) is 9.41. The monoisotopic (exact) mass is 247 g/mol. The van der Waals surface area contributed by atoms with Crippen LogP contribution in [-0.4, -0.2) is 35.1 Å². The number of rotatable bonds is 4. The molecule has 1 aromatic carbocycles. The van der Waals surface area contributed by atoms with E-state index in [1.54, 1.807) is 0 Å². The summed E-state index contributed by atoms with van der Waals surface area (Å²) in [6.07, 6.45) is 2.86. The van der Waals surface area contributed by atoms with E-state index in [0.717, 1.165) is 31.5 Å². The normalized spacial score (nSPS) is 17.9. The van der Waals surface area contributed by atoms with Crippen LogP contribution >= 0.6 is 0 Å². The third kappa shape index (κ3) is 2.72. The number of nitrogens with zero attached hydrogens (tertiary/aromatic N) is 1. The predicted octanol–water partition coefficient (Wildman–Crippen LogP) is 2.39. The van der Waals surface area contributed by atoms with E-state index < -0.39 is 5.97 Å². The van der Waals surface area contributed by atoms with Crippen molar-refractivity contribution in [2.24, 2.45) is 0 Å². The van der Waals surface area contributed by atoms with Crippen LogP contribution in [0.3, 0.4) is 0 Å². The Labute approximate surface area is 108 Å². The van der Waals surface area contributed by atoms with Crippen molar-refractivity contribution < 1.29 is 9.90 Å². The van der Waals surface area contributed by atoms with Crippen LogP contribution in [0, 0.1) is 13.8 Å². The maximum atomic E-state index is 11.4. The Balaban J connectivity index is 2.18. The Morgan fingerprint density at radius 1 is 1.33 bits per heavy atom. The molecule has 3 nitrogen and oxygen atoms in total. The molecule has 1 fully saturated rings. The summed E-state index contributed by atoms with van der Waals surface area (Å²) < 4.78 is 0. The van der Waals surface area contributed by atoms with Crippen molar-refractivity contribution in [1.82, 2.24) is 4.90 Å². The van der Waals surface area contributed by atoms with Gasteiger partial charge in [0.05, 0.1) is 0 Å². The van der Waals surface area contributed by atoms with Gasteiger partial charge in [-0.3, -0.25) is 9.69 Å². The van der Waals surface area contributed by atoms with Crippen molar-refractivity contribution in [3.05, 3.63) is 34.9 Å². The molecule has 1 N–H and O–H groups in total. The smallest absolute Gasteiger partial charge is 0.321 e. The standard InChI is InChI=1S/C15H21NO2/c1-11-6-5-7-13(12(11)2)10-14(15(17)18)16-8-3-4-9-16/h5-7,14H,3-4,8-10H2,1-2H3,(H,17,18)/t14-/m1/s1. The maximum absolute atomic E-state index is 11.4. The quantitative estimate of drug-likeness (QED) is 0.888. The second-order valence-corrected chi connectivity index (χ2v) is 5.16. The molecule has 1 aliphatic rings. The topological polar surface area (TPSA) is 40.5 Å².